The Morgan fingerprint density at radius 2 is 0.174 bits per heavy atom. The number of benzene rings is 18. The quantitative estimate of drug-likeness (QED) is 0.0319. The molecule has 0 amide bonds. The van der Waals surface area contributed by atoms with E-state index in [1.807, 2.05) is 182 Å². The van der Waals surface area contributed by atoms with Crippen LogP contribution in [0.1, 0.15) is 66.8 Å². The lowest BCUT2D eigenvalue weighted by Crippen LogP contribution is -2.01. The van der Waals surface area contributed by atoms with E-state index in [9.17, 15) is 30.6 Å². The fourth-order valence-corrected chi connectivity index (χ4v) is 15.5. The van der Waals surface area contributed by atoms with Crippen molar-refractivity contribution < 1.29 is 30.6 Å². The number of nitrogens with zero attached hydrogens (tertiary/aromatic N) is 24. The van der Waals surface area contributed by atoms with Gasteiger partial charge in [-0.05, 0) is 291 Å². The molecule has 0 aliphatic heterocycles. The minimum absolute atomic E-state index is 0.217. The molecule has 12 bridgehead atoms. The molecule has 18 aromatic carbocycles. The summed E-state index contributed by atoms with van der Waals surface area (Å²) in [6.45, 7) is 0. The van der Waals surface area contributed by atoms with E-state index in [4.69, 9.17) is 61.4 Å². The fourth-order valence-electron chi connectivity index (χ4n) is 15.5. The van der Waals surface area contributed by atoms with Gasteiger partial charge in [0.15, 0.2) is 0 Å². The summed E-state index contributed by atoms with van der Waals surface area (Å²) >= 11 is 0. The second kappa shape index (κ2) is 44.8. The Balaban J connectivity index is 0.782. The lowest BCUT2D eigenvalue weighted by molar-refractivity contribution is 0.451. The molecule has 0 radical (unpaired) electrons. The Hall–Kier alpha value is -20.0. The van der Waals surface area contributed by atoms with Crippen LogP contribution in [-0.4, -0.2) is 30.6 Å². The molecule has 1 aliphatic rings. The molecule has 30 nitrogen and oxygen atoms in total. The molecule has 0 atom stereocenters. The molecule has 19 rings (SSSR count). The van der Waals surface area contributed by atoms with Gasteiger partial charge in [-0.15, -0.1) is 0 Å². The van der Waals surface area contributed by atoms with Crippen LogP contribution in [0.2, 0.25) is 0 Å². The summed E-state index contributed by atoms with van der Waals surface area (Å²) in [5, 5.41) is 190. The van der Waals surface area contributed by atoms with Crippen molar-refractivity contribution >= 4 is 136 Å². The van der Waals surface area contributed by atoms with E-state index in [1.165, 1.54) is 0 Å². The molecular weight excluding hydrogens is 1800 g/mol. The minimum Gasteiger partial charge on any atom is -0.507 e. The molecule has 696 valence electrons. The molecule has 0 aromatic heterocycles. The van der Waals surface area contributed by atoms with Crippen LogP contribution in [0.3, 0.4) is 0 Å². The number of hydrogen-bond acceptors (Lipinski definition) is 30. The lowest BCUT2D eigenvalue weighted by atomic mass is 9.90. The summed E-state index contributed by atoms with van der Waals surface area (Å²) in [4.78, 5) is 0. The number of rotatable bonds is 24. The van der Waals surface area contributed by atoms with Crippen molar-refractivity contribution in [3.05, 3.63) is 467 Å². The zero-order valence-electron chi connectivity index (χ0n) is 76.8. The molecule has 0 spiro atoms. The molecule has 0 saturated heterocycles. The third-order valence-electron chi connectivity index (χ3n) is 22.8. The Kier molecular flexibility index (Phi) is 29.0. The van der Waals surface area contributed by atoms with E-state index < -0.39 is 0 Å². The van der Waals surface area contributed by atoms with Crippen molar-refractivity contribution in [2.45, 2.75) is 38.5 Å². The normalized spacial score (nSPS) is 12.7. The number of fused-ring (bicyclic) bond motifs is 12. The molecule has 144 heavy (non-hydrogen) atoms. The first kappa shape index (κ1) is 93.0. The molecule has 6 N–H and O–H groups in total. The van der Waals surface area contributed by atoms with Crippen LogP contribution in [0.15, 0.2) is 523 Å². The highest BCUT2D eigenvalue weighted by Crippen LogP contribution is 2.47. The first-order valence-electron chi connectivity index (χ1n) is 45.7. The number of hydrogen-bond donors (Lipinski definition) is 6. The highest BCUT2D eigenvalue weighted by molar-refractivity contribution is 5.68. The Labute approximate surface area is 825 Å². The molecular formula is C114H84N24O6. The predicted octanol–water partition coefficient (Wildman–Crippen LogP) is 36.8. The Morgan fingerprint density at radius 3 is 0.264 bits per heavy atom. The summed E-state index contributed by atoms with van der Waals surface area (Å²) in [7, 11) is 0. The minimum atomic E-state index is -0.252. The van der Waals surface area contributed by atoms with Gasteiger partial charge >= 0.3 is 0 Å². The van der Waals surface area contributed by atoms with Crippen molar-refractivity contribution in [3.63, 3.8) is 0 Å². The molecule has 30 heteroatoms. The van der Waals surface area contributed by atoms with Crippen LogP contribution >= 0.6 is 0 Å². The monoisotopic (exact) mass is 1880 g/mol. The fraction of sp³-hybridized carbons (Fsp3) is 0.0526. The van der Waals surface area contributed by atoms with Crippen LogP contribution in [0.4, 0.5) is 136 Å². The van der Waals surface area contributed by atoms with Crippen LogP contribution < -0.4 is 0 Å². The summed E-state index contributed by atoms with van der Waals surface area (Å²) < 4.78 is 0. The van der Waals surface area contributed by atoms with Gasteiger partial charge in [-0.3, -0.25) is 0 Å². The summed E-state index contributed by atoms with van der Waals surface area (Å²) in [6.07, 6.45) is -1.30. The molecule has 0 unspecified atom stereocenters. The van der Waals surface area contributed by atoms with Crippen molar-refractivity contribution in [1.82, 2.24) is 0 Å². The average molecular weight is 1890 g/mol. The second-order valence-corrected chi connectivity index (χ2v) is 33.2. The maximum absolute atomic E-state index is 13.3. The van der Waals surface area contributed by atoms with E-state index in [-0.39, 0.29) is 174 Å². The van der Waals surface area contributed by atoms with Crippen molar-refractivity contribution in [2.24, 2.45) is 123 Å². The maximum atomic E-state index is 13.3. The summed E-state index contributed by atoms with van der Waals surface area (Å²) in [5.41, 5.74) is 14.3. The van der Waals surface area contributed by atoms with Crippen LogP contribution in [-0.2, 0) is 38.5 Å². The van der Waals surface area contributed by atoms with Gasteiger partial charge in [-0.2, -0.15) is 123 Å². The molecule has 0 heterocycles. The SMILES string of the molecule is Oc1c2cc(N=Nc3ccc(N=Nc4ccccc4)cc3)cc1Cc1cc(N=Nc3ccc(N=Nc4ccccc4)cc3)cc(c1O)Cc1cc(N=Nc3ccc(N=Nc4ccccc4)cc3)cc(c1O)Cc1cc(N=Nc3ccc(N=Nc4ccccc4)cc3)cc(c1O)Cc1cc(N=Nc3ccc(N=Nc4ccccc4)cc3)cc(c1O)Cc1cc(N=Nc3ccc(N=Nc4ccccc4)cc3)cc(c1O)C2. The van der Waals surface area contributed by atoms with Crippen LogP contribution in [0.5, 0.6) is 34.5 Å². The van der Waals surface area contributed by atoms with Gasteiger partial charge in [0.25, 0.3) is 0 Å². The van der Waals surface area contributed by atoms with Gasteiger partial charge in [0.1, 0.15) is 34.5 Å². The van der Waals surface area contributed by atoms with Crippen LogP contribution in [0, 0.1) is 0 Å². The van der Waals surface area contributed by atoms with E-state index in [0.717, 1.165) is 0 Å². The predicted molar refractivity (Wildman–Crippen MR) is 553 cm³/mol. The first-order valence-corrected chi connectivity index (χ1v) is 45.7. The van der Waals surface area contributed by atoms with Crippen molar-refractivity contribution in [2.75, 3.05) is 0 Å². The first-order chi connectivity index (χ1) is 70.7. The number of phenols is 6. The largest absolute Gasteiger partial charge is 0.507 e. The van der Waals surface area contributed by atoms with Gasteiger partial charge in [0, 0.05) is 105 Å². The van der Waals surface area contributed by atoms with E-state index in [1.54, 1.807) is 218 Å². The zero-order chi connectivity index (χ0) is 98.1. The van der Waals surface area contributed by atoms with E-state index in [2.05, 4.69) is 61.4 Å². The Bertz CT molecular complexity index is 6680. The average Bonchev–Trinajstić information content (AvgIpc) is 0.779. The number of azo groups is 12. The lowest BCUT2D eigenvalue weighted by Gasteiger charge is -2.18. The molecule has 0 saturated carbocycles. The molecule has 0 fully saturated rings. The standard InChI is InChI=1S/C114H84N24O6/c139-109-73-55-75-63-104(134-128-98-45-33-92(34-46-98)122-116-86-21-9-2-10-22-86)65-77(110(75)140)57-79-67-106(136-130-100-49-37-94(38-50-100)124-118-88-25-13-4-14-26-88)69-81(112(79)142)59-83-71-108(138-132-102-53-41-96(42-54-102)126-120-90-29-17-6-18-30-90)72-84(114(83)144)60-82-70-107(137-131-101-51-39-95(40-52-101)125-119-89-27-15-5-16-28-89)68-80(113(82)143)58-78-66-105(135-129-99-47-35-93(36-48-99)123-117-87-23-11-3-12-24-87)64-76(111(78)141)56-74(109)62-103(61-73)133-127-97-43-31-91(32-44-97)121-115-85-19-7-1-8-20-85/h1-54,61-72,139-144H,55-60H2. The second-order valence-electron chi connectivity index (χ2n) is 33.2. The smallest absolute Gasteiger partial charge is 0.122 e. The van der Waals surface area contributed by atoms with Crippen LogP contribution in [0.25, 0.3) is 0 Å². The van der Waals surface area contributed by atoms with E-state index >= 15 is 0 Å². The summed E-state index contributed by atoms with van der Waals surface area (Å²) in [6, 6.07) is 118. The third-order valence-corrected chi connectivity index (χ3v) is 22.8. The van der Waals surface area contributed by atoms with Gasteiger partial charge < -0.3 is 30.6 Å². The maximum Gasteiger partial charge on any atom is 0.122 e. The summed E-state index contributed by atoms with van der Waals surface area (Å²) in [5.74, 6) is -1.51. The van der Waals surface area contributed by atoms with Gasteiger partial charge in [-0.25, -0.2) is 0 Å². The topological polar surface area (TPSA) is 418 Å². The Morgan fingerprint density at radius 1 is 0.0972 bits per heavy atom. The molecule has 18 aromatic rings. The van der Waals surface area contributed by atoms with Gasteiger partial charge in [-0.1, -0.05) is 109 Å². The highest BCUT2D eigenvalue weighted by Gasteiger charge is 2.25. The van der Waals surface area contributed by atoms with E-state index in [0.29, 0.717) is 102 Å². The van der Waals surface area contributed by atoms with Gasteiger partial charge in [0.05, 0.1) is 136 Å². The number of phenolic OH excluding ortho intramolecular Hbond substituents is 6. The van der Waals surface area contributed by atoms with Gasteiger partial charge in [0.2, 0.25) is 0 Å². The number of aromatic hydroxyl groups is 6. The zero-order valence-corrected chi connectivity index (χ0v) is 76.8. The van der Waals surface area contributed by atoms with Crippen molar-refractivity contribution in [3.8, 4) is 34.5 Å². The van der Waals surface area contributed by atoms with Crippen molar-refractivity contribution in [1.29, 1.82) is 0 Å². The third kappa shape index (κ3) is 24.9. The highest BCUT2D eigenvalue weighted by atomic mass is 16.3. The molecule has 1 aliphatic carbocycles.